The lowest BCUT2D eigenvalue weighted by Crippen LogP contribution is -2.62. The fourth-order valence-corrected chi connectivity index (χ4v) is 5.00. The molecule has 1 heterocycles. The molecule has 2 aliphatic rings. The number of likely N-dealkylation sites (tertiary alicyclic amines) is 1. The van der Waals surface area contributed by atoms with Gasteiger partial charge >= 0.3 is 12.1 Å². The number of hydrogen-bond donors (Lipinski definition) is 4. The first-order valence-corrected chi connectivity index (χ1v) is 15.0. The fraction of sp³-hybridized carbons (Fsp3) is 0.324. The molecule has 3 aromatic carbocycles. The van der Waals surface area contributed by atoms with Gasteiger partial charge in [-0.05, 0) is 41.9 Å². The Balaban J connectivity index is 1.04. The van der Waals surface area contributed by atoms with E-state index in [-0.39, 0.29) is 49.9 Å². The van der Waals surface area contributed by atoms with E-state index in [1.165, 1.54) is 0 Å². The molecule has 234 valence electrons. The SMILES string of the molecule is N=C(NC(=O)OCc1ccccc1)c1ccc(CNC(=O)[C@@H]2CCN2C(=O)[C@H](NCC(=O)OCc2ccccc2)C2CC2)cc1. The predicted octanol–water partition coefficient (Wildman–Crippen LogP) is 3.27. The molecule has 3 amide bonds. The average molecular weight is 612 g/mol. The van der Waals surface area contributed by atoms with E-state index in [0.717, 1.165) is 29.5 Å². The molecule has 1 aliphatic carbocycles. The average Bonchev–Trinajstić information content (AvgIpc) is 3.88. The van der Waals surface area contributed by atoms with Crippen LogP contribution in [0.3, 0.4) is 0 Å². The number of amides is 3. The minimum atomic E-state index is -0.720. The molecule has 2 atom stereocenters. The van der Waals surface area contributed by atoms with Crippen molar-refractivity contribution in [3.05, 3.63) is 107 Å². The van der Waals surface area contributed by atoms with Crippen molar-refractivity contribution in [3.8, 4) is 0 Å². The van der Waals surface area contributed by atoms with Crippen molar-refractivity contribution in [2.75, 3.05) is 13.1 Å². The largest absolute Gasteiger partial charge is 0.460 e. The van der Waals surface area contributed by atoms with Crippen LogP contribution >= 0.6 is 0 Å². The van der Waals surface area contributed by atoms with Gasteiger partial charge in [-0.1, -0.05) is 84.9 Å². The summed E-state index contributed by atoms with van der Waals surface area (Å²) in [6.07, 6.45) is 1.63. The summed E-state index contributed by atoms with van der Waals surface area (Å²) < 4.78 is 10.5. The van der Waals surface area contributed by atoms with E-state index in [4.69, 9.17) is 14.9 Å². The van der Waals surface area contributed by atoms with Gasteiger partial charge in [0, 0.05) is 18.7 Å². The van der Waals surface area contributed by atoms with Crippen molar-refractivity contribution in [2.45, 2.75) is 51.1 Å². The Morgan fingerprint density at radius 2 is 1.42 bits per heavy atom. The van der Waals surface area contributed by atoms with Gasteiger partial charge in [-0.15, -0.1) is 0 Å². The number of alkyl carbamates (subject to hydrolysis) is 1. The van der Waals surface area contributed by atoms with Crippen LogP contribution in [0.5, 0.6) is 0 Å². The van der Waals surface area contributed by atoms with Crippen molar-refractivity contribution in [2.24, 2.45) is 5.92 Å². The lowest BCUT2D eigenvalue weighted by molar-refractivity contribution is -0.150. The summed E-state index contributed by atoms with van der Waals surface area (Å²) in [5.74, 6) is -0.810. The summed E-state index contributed by atoms with van der Waals surface area (Å²) in [6, 6.07) is 24.4. The normalized spacial score (nSPS) is 16.1. The van der Waals surface area contributed by atoms with E-state index < -0.39 is 24.1 Å². The van der Waals surface area contributed by atoms with Crippen LogP contribution in [0.2, 0.25) is 0 Å². The van der Waals surface area contributed by atoms with Crippen LogP contribution in [0.25, 0.3) is 0 Å². The number of benzene rings is 3. The Kier molecular flexibility index (Phi) is 10.5. The molecule has 5 rings (SSSR count). The van der Waals surface area contributed by atoms with Crippen molar-refractivity contribution in [1.82, 2.24) is 20.9 Å². The summed E-state index contributed by atoms with van der Waals surface area (Å²) in [5.41, 5.74) is 3.02. The van der Waals surface area contributed by atoms with Crippen LogP contribution < -0.4 is 16.0 Å². The maximum Gasteiger partial charge on any atom is 0.413 e. The molecule has 0 bridgehead atoms. The maximum absolute atomic E-state index is 13.4. The van der Waals surface area contributed by atoms with Crippen LogP contribution in [-0.4, -0.2) is 59.8 Å². The van der Waals surface area contributed by atoms with Gasteiger partial charge in [0.15, 0.2) is 0 Å². The zero-order chi connectivity index (χ0) is 31.6. The molecule has 11 heteroatoms. The lowest BCUT2D eigenvalue weighted by Gasteiger charge is -2.41. The quantitative estimate of drug-likeness (QED) is 0.132. The number of esters is 1. The number of nitrogens with one attached hydrogen (secondary N) is 4. The molecule has 2 fully saturated rings. The van der Waals surface area contributed by atoms with E-state index in [1.807, 2.05) is 60.7 Å². The molecule has 1 saturated carbocycles. The zero-order valence-electron chi connectivity index (χ0n) is 24.9. The van der Waals surface area contributed by atoms with Gasteiger partial charge in [-0.25, -0.2) is 4.79 Å². The fourth-order valence-electron chi connectivity index (χ4n) is 5.00. The summed E-state index contributed by atoms with van der Waals surface area (Å²) >= 11 is 0. The summed E-state index contributed by atoms with van der Waals surface area (Å²) in [7, 11) is 0. The molecule has 1 aliphatic heterocycles. The smallest absolute Gasteiger partial charge is 0.413 e. The summed E-state index contributed by atoms with van der Waals surface area (Å²) in [6.45, 7) is 0.920. The van der Waals surface area contributed by atoms with Crippen LogP contribution in [0.1, 0.15) is 41.5 Å². The third kappa shape index (κ3) is 8.99. The highest BCUT2D eigenvalue weighted by Gasteiger charge is 2.44. The molecule has 3 aromatic rings. The second-order valence-corrected chi connectivity index (χ2v) is 11.2. The third-order valence-electron chi connectivity index (χ3n) is 7.82. The van der Waals surface area contributed by atoms with Gasteiger partial charge in [0.2, 0.25) is 11.8 Å². The van der Waals surface area contributed by atoms with Crippen molar-refractivity contribution >= 4 is 29.7 Å². The van der Waals surface area contributed by atoms with E-state index in [2.05, 4.69) is 16.0 Å². The monoisotopic (exact) mass is 611 g/mol. The molecule has 11 nitrogen and oxygen atoms in total. The highest BCUT2D eigenvalue weighted by molar-refractivity contribution is 6.04. The molecular formula is C34H37N5O6. The minimum Gasteiger partial charge on any atom is -0.460 e. The predicted molar refractivity (Wildman–Crippen MR) is 166 cm³/mol. The van der Waals surface area contributed by atoms with E-state index >= 15 is 0 Å². The topological polar surface area (TPSA) is 150 Å². The lowest BCUT2D eigenvalue weighted by atomic mass is 9.99. The number of ether oxygens (including phenoxy) is 2. The Labute approximate surface area is 261 Å². The number of nitrogens with zero attached hydrogens (tertiary/aromatic N) is 1. The van der Waals surface area contributed by atoms with Gasteiger partial charge in [0.05, 0.1) is 12.6 Å². The summed E-state index contributed by atoms with van der Waals surface area (Å²) in [4.78, 5) is 52.3. The van der Waals surface area contributed by atoms with Crippen molar-refractivity contribution in [3.63, 3.8) is 0 Å². The number of rotatable bonds is 13. The first kappa shape index (κ1) is 31.4. The second-order valence-electron chi connectivity index (χ2n) is 11.2. The molecule has 0 spiro atoms. The van der Waals surface area contributed by atoms with Gasteiger partial charge in [0.25, 0.3) is 0 Å². The highest BCUT2D eigenvalue weighted by Crippen LogP contribution is 2.35. The molecule has 0 radical (unpaired) electrons. The molecule has 45 heavy (non-hydrogen) atoms. The van der Waals surface area contributed by atoms with Gasteiger partial charge in [-0.2, -0.15) is 0 Å². The Bertz CT molecular complexity index is 1490. The number of amidine groups is 1. The van der Waals surface area contributed by atoms with Crippen molar-refractivity contribution < 1.29 is 28.7 Å². The first-order chi connectivity index (χ1) is 21.9. The molecular weight excluding hydrogens is 574 g/mol. The van der Waals surface area contributed by atoms with Gasteiger partial charge < -0.3 is 19.7 Å². The standard InChI is InChI=1S/C34H37N5O6/c35-31(38-34(43)45-22-25-9-5-2-6-10-25)27-13-11-23(12-14-27)19-37-32(41)28-17-18-39(28)33(42)30(26-15-16-26)36-20-29(40)44-21-24-7-3-1-4-8-24/h1-14,26,28,30,36H,15-22H2,(H,37,41)(H2,35,38,43)/t28-,30+/m0/s1. The van der Waals surface area contributed by atoms with Crippen LogP contribution in [0, 0.1) is 11.3 Å². The maximum atomic E-state index is 13.4. The molecule has 0 unspecified atom stereocenters. The van der Waals surface area contributed by atoms with Gasteiger partial charge in [0.1, 0.15) is 25.1 Å². The number of hydrogen-bond acceptors (Lipinski definition) is 8. The van der Waals surface area contributed by atoms with E-state index in [1.54, 1.807) is 29.2 Å². The summed E-state index contributed by atoms with van der Waals surface area (Å²) in [5, 5.41) is 16.5. The van der Waals surface area contributed by atoms with Crippen molar-refractivity contribution in [1.29, 1.82) is 5.41 Å². The van der Waals surface area contributed by atoms with Gasteiger partial charge in [-0.3, -0.25) is 30.4 Å². The molecule has 4 N–H and O–H groups in total. The van der Waals surface area contributed by atoms with E-state index in [0.29, 0.717) is 18.5 Å². The molecule has 0 aromatic heterocycles. The van der Waals surface area contributed by atoms with Crippen LogP contribution in [0.15, 0.2) is 84.9 Å². The highest BCUT2D eigenvalue weighted by atomic mass is 16.5. The Morgan fingerprint density at radius 3 is 2.00 bits per heavy atom. The van der Waals surface area contributed by atoms with Crippen LogP contribution in [-0.2, 0) is 43.6 Å². The van der Waals surface area contributed by atoms with Crippen LogP contribution in [0.4, 0.5) is 4.79 Å². The Morgan fingerprint density at radius 1 is 0.800 bits per heavy atom. The number of carbonyl (C=O) groups excluding carboxylic acids is 4. The molecule has 1 saturated heterocycles. The third-order valence-corrected chi connectivity index (χ3v) is 7.82. The number of carbonyl (C=O) groups is 4. The minimum absolute atomic E-state index is 0.0811. The second kappa shape index (κ2) is 15.1. The zero-order valence-corrected chi connectivity index (χ0v) is 24.9. The van der Waals surface area contributed by atoms with E-state index in [9.17, 15) is 19.2 Å². The Hall–Kier alpha value is -5.03. The first-order valence-electron chi connectivity index (χ1n) is 15.0.